The number of hydrogen-bond acceptors (Lipinski definition) is 4. The summed E-state index contributed by atoms with van der Waals surface area (Å²) in [6, 6.07) is 3.02. The Kier molecular flexibility index (Phi) is 4.19. The average molecular weight is 274 g/mol. The number of primary amides is 1. The number of nitrogens with zero attached hydrogens (tertiary/aromatic N) is 1. The number of rotatable bonds is 4. The van der Waals surface area contributed by atoms with E-state index in [1.165, 1.54) is 18.3 Å². The summed E-state index contributed by atoms with van der Waals surface area (Å²) in [6.45, 7) is -0.363. The molecule has 0 unspecified atom stereocenters. The minimum Gasteiger partial charge on any atom is -0.368 e. The highest BCUT2D eigenvalue weighted by Crippen LogP contribution is 2.07. The normalized spacial score (nSPS) is 9.67. The van der Waals surface area contributed by atoms with E-state index in [2.05, 4.69) is 31.2 Å². The molecular formula is C8H8BrN3O3. The van der Waals surface area contributed by atoms with Gasteiger partial charge >= 0.3 is 0 Å². The fraction of sp³-hybridized carbons (Fsp3) is 0.125. The Morgan fingerprint density at radius 3 is 2.93 bits per heavy atom. The van der Waals surface area contributed by atoms with E-state index >= 15 is 0 Å². The van der Waals surface area contributed by atoms with E-state index in [1.807, 2.05) is 0 Å². The number of amides is 2. The Balaban J connectivity index is 2.50. The minimum atomic E-state index is -0.661. The van der Waals surface area contributed by atoms with Crippen molar-refractivity contribution in [1.29, 1.82) is 0 Å². The summed E-state index contributed by atoms with van der Waals surface area (Å²) in [5.41, 5.74) is 7.24. The Morgan fingerprint density at radius 1 is 1.60 bits per heavy atom. The SMILES string of the molecule is NC(=O)CONC(=O)c1ccnc(Br)c1. The second-order valence-corrected chi connectivity index (χ2v) is 3.37. The molecule has 0 aliphatic rings. The van der Waals surface area contributed by atoms with Gasteiger partial charge in [-0.15, -0.1) is 0 Å². The van der Waals surface area contributed by atoms with E-state index in [-0.39, 0.29) is 6.61 Å². The summed E-state index contributed by atoms with van der Waals surface area (Å²) in [6.07, 6.45) is 1.47. The molecule has 7 heteroatoms. The number of nitrogens with one attached hydrogen (secondary N) is 1. The smallest absolute Gasteiger partial charge is 0.275 e. The van der Waals surface area contributed by atoms with Crippen LogP contribution in [0.5, 0.6) is 0 Å². The van der Waals surface area contributed by atoms with Crippen LogP contribution in [0, 0.1) is 0 Å². The van der Waals surface area contributed by atoms with Crippen LogP contribution in [0.25, 0.3) is 0 Å². The molecule has 0 aliphatic carbocycles. The molecular weight excluding hydrogens is 266 g/mol. The van der Waals surface area contributed by atoms with Crippen LogP contribution in [-0.2, 0) is 9.63 Å². The van der Waals surface area contributed by atoms with Gasteiger partial charge in [0.05, 0.1) is 0 Å². The highest BCUT2D eigenvalue weighted by atomic mass is 79.9. The zero-order chi connectivity index (χ0) is 11.3. The first-order valence-electron chi connectivity index (χ1n) is 3.91. The van der Waals surface area contributed by atoms with Gasteiger partial charge in [-0.3, -0.25) is 14.4 Å². The molecule has 0 aromatic carbocycles. The van der Waals surface area contributed by atoms with Crippen LogP contribution in [0.15, 0.2) is 22.9 Å². The first-order valence-corrected chi connectivity index (χ1v) is 4.71. The summed E-state index contributed by atoms with van der Waals surface area (Å²) in [5.74, 6) is -1.13. The molecule has 0 saturated carbocycles. The number of hydrogen-bond donors (Lipinski definition) is 2. The number of carbonyl (C=O) groups excluding carboxylic acids is 2. The van der Waals surface area contributed by atoms with E-state index in [0.717, 1.165) is 0 Å². The fourth-order valence-corrected chi connectivity index (χ4v) is 1.14. The van der Waals surface area contributed by atoms with Crippen molar-refractivity contribution in [3.8, 4) is 0 Å². The van der Waals surface area contributed by atoms with Gasteiger partial charge in [-0.1, -0.05) is 0 Å². The molecule has 1 heterocycles. The zero-order valence-corrected chi connectivity index (χ0v) is 9.15. The second-order valence-electron chi connectivity index (χ2n) is 2.55. The monoisotopic (exact) mass is 273 g/mol. The summed E-state index contributed by atoms with van der Waals surface area (Å²) < 4.78 is 0.532. The highest BCUT2D eigenvalue weighted by Gasteiger charge is 2.06. The number of carbonyl (C=O) groups is 2. The lowest BCUT2D eigenvalue weighted by Gasteiger charge is -2.03. The quantitative estimate of drug-likeness (QED) is 0.596. The third kappa shape index (κ3) is 4.05. The lowest BCUT2D eigenvalue weighted by Crippen LogP contribution is -2.29. The molecule has 2 amide bonds. The third-order valence-corrected chi connectivity index (χ3v) is 1.80. The zero-order valence-electron chi connectivity index (χ0n) is 7.57. The molecule has 0 bridgehead atoms. The van der Waals surface area contributed by atoms with Crippen molar-refractivity contribution in [3.63, 3.8) is 0 Å². The number of pyridine rings is 1. The van der Waals surface area contributed by atoms with Gasteiger partial charge in [0.1, 0.15) is 4.60 Å². The van der Waals surface area contributed by atoms with E-state index < -0.39 is 11.8 Å². The fourth-order valence-electron chi connectivity index (χ4n) is 0.775. The van der Waals surface area contributed by atoms with Gasteiger partial charge < -0.3 is 5.73 Å². The Morgan fingerprint density at radius 2 is 2.33 bits per heavy atom. The predicted octanol–water partition coefficient (Wildman–Crippen LogP) is -0.00920. The van der Waals surface area contributed by atoms with Crippen LogP contribution in [0.4, 0.5) is 0 Å². The molecule has 3 N–H and O–H groups in total. The largest absolute Gasteiger partial charge is 0.368 e. The Labute approximate surface area is 93.9 Å². The van der Waals surface area contributed by atoms with Crippen LogP contribution < -0.4 is 11.2 Å². The first kappa shape index (κ1) is 11.6. The third-order valence-electron chi connectivity index (χ3n) is 1.37. The molecule has 80 valence electrons. The number of hydroxylamine groups is 1. The molecule has 6 nitrogen and oxygen atoms in total. The van der Waals surface area contributed by atoms with E-state index in [1.54, 1.807) is 0 Å². The number of halogens is 1. The topological polar surface area (TPSA) is 94.3 Å². The van der Waals surface area contributed by atoms with Gasteiger partial charge in [-0.05, 0) is 28.1 Å². The van der Waals surface area contributed by atoms with Gasteiger partial charge in [0.2, 0.25) is 5.91 Å². The molecule has 1 aromatic heterocycles. The number of aromatic nitrogens is 1. The summed E-state index contributed by atoms with van der Waals surface area (Å²) in [7, 11) is 0. The van der Waals surface area contributed by atoms with Crippen LogP contribution in [0.3, 0.4) is 0 Å². The first-order chi connectivity index (χ1) is 7.09. The average Bonchev–Trinajstić information content (AvgIpc) is 2.17. The van der Waals surface area contributed by atoms with E-state index in [9.17, 15) is 9.59 Å². The van der Waals surface area contributed by atoms with Crippen LogP contribution in [-0.4, -0.2) is 23.4 Å². The molecule has 1 rings (SSSR count). The van der Waals surface area contributed by atoms with Crippen LogP contribution in [0.2, 0.25) is 0 Å². The highest BCUT2D eigenvalue weighted by molar-refractivity contribution is 9.10. The van der Waals surface area contributed by atoms with Gasteiger partial charge in [0.15, 0.2) is 6.61 Å². The summed E-state index contributed by atoms with van der Waals surface area (Å²) in [4.78, 5) is 30.0. The van der Waals surface area contributed by atoms with Crippen molar-refractivity contribution in [2.24, 2.45) is 5.73 Å². The van der Waals surface area contributed by atoms with Crippen molar-refractivity contribution in [1.82, 2.24) is 10.5 Å². The van der Waals surface area contributed by atoms with Gasteiger partial charge in [-0.25, -0.2) is 10.5 Å². The maximum atomic E-state index is 11.3. The molecule has 0 aliphatic heterocycles. The summed E-state index contributed by atoms with van der Waals surface area (Å²) in [5, 5.41) is 0. The van der Waals surface area contributed by atoms with Crippen molar-refractivity contribution in [2.75, 3.05) is 6.61 Å². The molecule has 0 radical (unpaired) electrons. The molecule has 0 saturated heterocycles. The molecule has 15 heavy (non-hydrogen) atoms. The molecule has 0 fully saturated rings. The second kappa shape index (κ2) is 5.42. The van der Waals surface area contributed by atoms with Gasteiger partial charge in [0.25, 0.3) is 5.91 Å². The maximum Gasteiger partial charge on any atom is 0.275 e. The molecule has 0 atom stereocenters. The van der Waals surface area contributed by atoms with Crippen molar-refractivity contribution >= 4 is 27.7 Å². The standard InChI is InChI=1S/C8H8BrN3O3/c9-6-3-5(1-2-11-6)8(14)12-15-4-7(10)13/h1-3H,4H2,(H2,10,13)(H,12,14). The molecule has 1 aromatic rings. The molecule has 0 spiro atoms. The lowest BCUT2D eigenvalue weighted by atomic mass is 10.3. The minimum absolute atomic E-state index is 0.362. The van der Waals surface area contributed by atoms with Crippen molar-refractivity contribution in [2.45, 2.75) is 0 Å². The van der Waals surface area contributed by atoms with Gasteiger partial charge in [0, 0.05) is 11.8 Å². The predicted molar refractivity (Wildman–Crippen MR) is 54.5 cm³/mol. The maximum absolute atomic E-state index is 11.3. The summed E-state index contributed by atoms with van der Waals surface area (Å²) >= 11 is 3.12. The Bertz CT molecular complexity index is 383. The van der Waals surface area contributed by atoms with Crippen molar-refractivity contribution in [3.05, 3.63) is 28.5 Å². The van der Waals surface area contributed by atoms with Crippen LogP contribution in [0.1, 0.15) is 10.4 Å². The number of nitrogens with two attached hydrogens (primary N) is 1. The van der Waals surface area contributed by atoms with Crippen molar-refractivity contribution < 1.29 is 14.4 Å². The lowest BCUT2D eigenvalue weighted by molar-refractivity contribution is -0.124. The van der Waals surface area contributed by atoms with Gasteiger partial charge in [-0.2, -0.15) is 0 Å². The van der Waals surface area contributed by atoms with Crippen LogP contribution >= 0.6 is 15.9 Å². The Hall–Kier alpha value is -1.47. The van der Waals surface area contributed by atoms with E-state index in [0.29, 0.717) is 10.2 Å². The van der Waals surface area contributed by atoms with E-state index in [4.69, 9.17) is 5.73 Å².